The average molecular weight is 201 g/mol. The number of carboxylic acid groups (broad SMARTS) is 1. The predicted molar refractivity (Wildman–Crippen MR) is 53.9 cm³/mol. The molecule has 0 heterocycles. The number of hydrogen-bond donors (Lipinski definition) is 2. The van der Waals surface area contributed by atoms with Gasteiger partial charge in [-0.25, -0.2) is 4.79 Å². The van der Waals surface area contributed by atoms with Gasteiger partial charge in [0.2, 0.25) is 5.91 Å². The highest BCUT2D eigenvalue weighted by Crippen LogP contribution is 2.16. The second-order valence-electron chi connectivity index (χ2n) is 4.25. The summed E-state index contributed by atoms with van der Waals surface area (Å²) in [5.41, 5.74) is -1.13. The molecule has 4 nitrogen and oxygen atoms in total. The van der Waals surface area contributed by atoms with Crippen LogP contribution in [-0.2, 0) is 9.59 Å². The molecule has 0 radical (unpaired) electrons. The van der Waals surface area contributed by atoms with Crippen LogP contribution >= 0.6 is 0 Å². The first-order valence-electron chi connectivity index (χ1n) is 4.80. The molecule has 0 bridgehead atoms. The van der Waals surface area contributed by atoms with E-state index in [9.17, 15) is 9.59 Å². The molecule has 0 aliphatic heterocycles. The van der Waals surface area contributed by atoms with Crippen LogP contribution in [0.2, 0.25) is 0 Å². The third kappa shape index (κ3) is 4.25. The first kappa shape index (κ1) is 12.9. The Labute approximate surface area is 84.7 Å². The minimum absolute atomic E-state index is 0.307. The van der Waals surface area contributed by atoms with Gasteiger partial charge in [0.1, 0.15) is 5.54 Å². The zero-order valence-corrected chi connectivity index (χ0v) is 9.26. The van der Waals surface area contributed by atoms with Gasteiger partial charge in [0.25, 0.3) is 0 Å². The van der Waals surface area contributed by atoms with Crippen molar-refractivity contribution in [3.63, 3.8) is 0 Å². The van der Waals surface area contributed by atoms with Gasteiger partial charge in [-0.2, -0.15) is 0 Å². The molecule has 14 heavy (non-hydrogen) atoms. The van der Waals surface area contributed by atoms with Gasteiger partial charge in [0.15, 0.2) is 0 Å². The van der Waals surface area contributed by atoms with Crippen LogP contribution in [-0.4, -0.2) is 22.5 Å². The van der Waals surface area contributed by atoms with Crippen LogP contribution in [0.15, 0.2) is 0 Å². The van der Waals surface area contributed by atoms with Gasteiger partial charge in [-0.1, -0.05) is 13.8 Å². The van der Waals surface area contributed by atoms with Crippen molar-refractivity contribution in [1.29, 1.82) is 0 Å². The van der Waals surface area contributed by atoms with Crippen molar-refractivity contribution in [2.24, 2.45) is 5.92 Å². The van der Waals surface area contributed by atoms with Gasteiger partial charge >= 0.3 is 5.97 Å². The Bertz CT molecular complexity index is 225. The standard InChI is InChI=1S/C10H19NO3/c1-7(2)5-6-10(4,9(13)14)11-8(3)12/h7H,5-6H2,1-4H3,(H,11,12)(H,13,14)/t10-/m1/s1. The van der Waals surface area contributed by atoms with Crippen LogP contribution in [0.5, 0.6) is 0 Å². The maximum Gasteiger partial charge on any atom is 0.329 e. The lowest BCUT2D eigenvalue weighted by Crippen LogP contribution is -2.51. The van der Waals surface area contributed by atoms with E-state index < -0.39 is 11.5 Å². The number of nitrogens with one attached hydrogen (secondary N) is 1. The Balaban J connectivity index is 4.39. The van der Waals surface area contributed by atoms with Gasteiger partial charge < -0.3 is 10.4 Å². The second kappa shape index (κ2) is 4.98. The third-order valence-electron chi connectivity index (χ3n) is 2.15. The van der Waals surface area contributed by atoms with E-state index in [1.54, 1.807) is 6.92 Å². The summed E-state index contributed by atoms with van der Waals surface area (Å²) in [6.45, 7) is 6.92. The Morgan fingerprint density at radius 3 is 2.21 bits per heavy atom. The molecule has 0 aromatic heterocycles. The van der Waals surface area contributed by atoms with Crippen molar-refractivity contribution in [3.05, 3.63) is 0 Å². The Kier molecular flexibility index (Phi) is 4.60. The van der Waals surface area contributed by atoms with E-state index in [-0.39, 0.29) is 5.91 Å². The highest BCUT2D eigenvalue weighted by molar-refractivity contribution is 5.85. The summed E-state index contributed by atoms with van der Waals surface area (Å²) in [4.78, 5) is 21.8. The number of rotatable bonds is 5. The fourth-order valence-corrected chi connectivity index (χ4v) is 1.19. The number of carbonyl (C=O) groups excluding carboxylic acids is 1. The van der Waals surface area contributed by atoms with Crippen LogP contribution in [0, 0.1) is 5.92 Å². The first-order valence-corrected chi connectivity index (χ1v) is 4.80. The van der Waals surface area contributed by atoms with Crippen molar-refractivity contribution >= 4 is 11.9 Å². The van der Waals surface area contributed by atoms with Crippen molar-refractivity contribution in [3.8, 4) is 0 Å². The van der Waals surface area contributed by atoms with E-state index in [0.717, 1.165) is 6.42 Å². The number of aliphatic carboxylic acids is 1. The molecule has 0 aliphatic rings. The van der Waals surface area contributed by atoms with Crippen molar-refractivity contribution in [1.82, 2.24) is 5.32 Å². The molecule has 2 N–H and O–H groups in total. The lowest BCUT2D eigenvalue weighted by Gasteiger charge is -2.26. The first-order chi connectivity index (χ1) is 6.28. The van der Waals surface area contributed by atoms with Crippen LogP contribution in [0.4, 0.5) is 0 Å². The van der Waals surface area contributed by atoms with Gasteiger partial charge in [0, 0.05) is 6.92 Å². The number of hydrogen-bond acceptors (Lipinski definition) is 2. The largest absolute Gasteiger partial charge is 0.480 e. The quantitative estimate of drug-likeness (QED) is 0.706. The molecule has 0 saturated heterocycles. The van der Waals surface area contributed by atoms with E-state index in [1.807, 2.05) is 13.8 Å². The van der Waals surface area contributed by atoms with Crippen LogP contribution < -0.4 is 5.32 Å². The van der Waals surface area contributed by atoms with Gasteiger partial charge in [0.05, 0.1) is 0 Å². The summed E-state index contributed by atoms with van der Waals surface area (Å²) in [6, 6.07) is 0. The maximum absolute atomic E-state index is 11.0. The van der Waals surface area contributed by atoms with Crippen LogP contribution in [0.3, 0.4) is 0 Å². The fourth-order valence-electron chi connectivity index (χ4n) is 1.19. The number of amides is 1. The maximum atomic E-state index is 11.0. The second-order valence-corrected chi connectivity index (χ2v) is 4.25. The Hall–Kier alpha value is -1.06. The summed E-state index contributed by atoms with van der Waals surface area (Å²) in [7, 11) is 0. The zero-order valence-electron chi connectivity index (χ0n) is 9.26. The lowest BCUT2D eigenvalue weighted by molar-refractivity contribution is -0.147. The molecule has 1 atom stereocenters. The molecule has 0 unspecified atom stereocenters. The van der Waals surface area contributed by atoms with E-state index >= 15 is 0 Å². The molecule has 0 rings (SSSR count). The number of carboxylic acids is 1. The fraction of sp³-hybridized carbons (Fsp3) is 0.800. The predicted octanol–water partition coefficient (Wildman–Crippen LogP) is 1.40. The third-order valence-corrected chi connectivity index (χ3v) is 2.15. The molecule has 0 aromatic carbocycles. The van der Waals surface area contributed by atoms with E-state index in [0.29, 0.717) is 12.3 Å². The average Bonchev–Trinajstić information content (AvgIpc) is 1.99. The normalized spacial score (nSPS) is 14.9. The zero-order chi connectivity index (χ0) is 11.4. The molecule has 0 aromatic rings. The SMILES string of the molecule is CC(=O)N[C@](C)(CCC(C)C)C(=O)O. The highest BCUT2D eigenvalue weighted by atomic mass is 16.4. The molecule has 0 spiro atoms. The summed E-state index contributed by atoms with van der Waals surface area (Å²) in [5.74, 6) is -0.852. The van der Waals surface area contributed by atoms with E-state index in [4.69, 9.17) is 5.11 Å². The van der Waals surface area contributed by atoms with Gasteiger partial charge in [-0.05, 0) is 25.7 Å². The molecule has 82 valence electrons. The molecular weight excluding hydrogens is 182 g/mol. The lowest BCUT2D eigenvalue weighted by atomic mass is 9.92. The van der Waals surface area contributed by atoms with Crippen molar-refractivity contribution in [2.45, 2.75) is 46.1 Å². The molecular formula is C10H19NO3. The Morgan fingerprint density at radius 2 is 1.93 bits per heavy atom. The van der Waals surface area contributed by atoms with Gasteiger partial charge in [-0.3, -0.25) is 4.79 Å². The highest BCUT2D eigenvalue weighted by Gasteiger charge is 2.33. The topological polar surface area (TPSA) is 66.4 Å². The number of carbonyl (C=O) groups is 2. The smallest absolute Gasteiger partial charge is 0.329 e. The van der Waals surface area contributed by atoms with E-state index in [2.05, 4.69) is 5.32 Å². The molecule has 1 amide bonds. The van der Waals surface area contributed by atoms with Crippen LogP contribution in [0.25, 0.3) is 0 Å². The molecule has 0 fully saturated rings. The molecule has 0 aliphatic carbocycles. The summed E-state index contributed by atoms with van der Waals surface area (Å²) in [6.07, 6.45) is 1.24. The summed E-state index contributed by atoms with van der Waals surface area (Å²) >= 11 is 0. The monoisotopic (exact) mass is 201 g/mol. The van der Waals surface area contributed by atoms with Gasteiger partial charge in [-0.15, -0.1) is 0 Å². The minimum atomic E-state index is -1.13. The molecule has 4 heteroatoms. The Morgan fingerprint density at radius 1 is 1.43 bits per heavy atom. The summed E-state index contributed by atoms with van der Waals surface area (Å²) < 4.78 is 0. The van der Waals surface area contributed by atoms with Crippen LogP contribution in [0.1, 0.15) is 40.5 Å². The minimum Gasteiger partial charge on any atom is -0.480 e. The molecule has 0 saturated carbocycles. The summed E-state index contributed by atoms with van der Waals surface area (Å²) in [5, 5.41) is 11.5. The van der Waals surface area contributed by atoms with Crippen molar-refractivity contribution < 1.29 is 14.7 Å². The van der Waals surface area contributed by atoms with E-state index in [1.165, 1.54) is 6.92 Å². The van der Waals surface area contributed by atoms with Crippen molar-refractivity contribution in [2.75, 3.05) is 0 Å².